The maximum atomic E-state index is 11.7. The van der Waals surface area contributed by atoms with Crippen molar-refractivity contribution in [2.24, 2.45) is 5.73 Å². The molecule has 0 aromatic heterocycles. The Bertz CT molecular complexity index is 249. The van der Waals surface area contributed by atoms with Crippen LogP contribution in [0.25, 0.3) is 0 Å². The number of nitrogens with one attached hydrogen (secondary N) is 1. The quantitative estimate of drug-likeness (QED) is 0.622. The van der Waals surface area contributed by atoms with Gasteiger partial charge in [-0.15, -0.1) is 0 Å². The average Bonchev–Trinajstić information content (AvgIpc) is 2.93. The molecular formula is C10H19N3O2. The first-order chi connectivity index (χ1) is 7.00. The summed E-state index contributed by atoms with van der Waals surface area (Å²) in [5.74, 6) is -0.529. The summed E-state index contributed by atoms with van der Waals surface area (Å²) in [6.45, 7) is 4.05. The number of rotatable bonds is 6. The molecule has 0 heterocycles. The Morgan fingerprint density at radius 1 is 1.47 bits per heavy atom. The minimum atomic E-state index is -0.469. The molecule has 0 aromatic rings. The lowest BCUT2D eigenvalue weighted by Gasteiger charge is -2.25. The van der Waals surface area contributed by atoms with Gasteiger partial charge in [0.2, 0.25) is 11.8 Å². The van der Waals surface area contributed by atoms with Crippen molar-refractivity contribution < 1.29 is 9.59 Å². The summed E-state index contributed by atoms with van der Waals surface area (Å²) in [7, 11) is 0. The van der Waals surface area contributed by atoms with Crippen LogP contribution in [0.15, 0.2) is 0 Å². The molecule has 0 unspecified atom stereocenters. The molecule has 15 heavy (non-hydrogen) atoms. The van der Waals surface area contributed by atoms with Gasteiger partial charge in [0.05, 0.1) is 13.1 Å². The lowest BCUT2D eigenvalue weighted by atomic mass is 10.3. The lowest BCUT2D eigenvalue weighted by molar-refractivity contribution is -0.136. The van der Waals surface area contributed by atoms with Crippen LogP contribution in [0.3, 0.4) is 0 Å². The first-order valence-corrected chi connectivity index (χ1v) is 5.32. The highest BCUT2D eigenvalue weighted by Gasteiger charge is 2.24. The average molecular weight is 213 g/mol. The van der Waals surface area contributed by atoms with E-state index in [-0.39, 0.29) is 18.5 Å². The second-order valence-electron chi connectivity index (χ2n) is 4.24. The predicted molar refractivity (Wildman–Crippen MR) is 57.1 cm³/mol. The fourth-order valence-electron chi connectivity index (χ4n) is 1.35. The molecule has 1 aliphatic carbocycles. The molecular weight excluding hydrogens is 194 g/mol. The summed E-state index contributed by atoms with van der Waals surface area (Å²) in [6, 6.07) is 0.502. The molecule has 86 valence electrons. The van der Waals surface area contributed by atoms with E-state index in [9.17, 15) is 9.59 Å². The third-order valence-electron chi connectivity index (χ3n) is 2.39. The van der Waals surface area contributed by atoms with E-state index in [1.54, 1.807) is 0 Å². The summed E-state index contributed by atoms with van der Waals surface area (Å²) in [4.78, 5) is 24.0. The van der Waals surface area contributed by atoms with Crippen LogP contribution in [0.1, 0.15) is 26.7 Å². The van der Waals surface area contributed by atoms with Crippen molar-refractivity contribution in [1.29, 1.82) is 0 Å². The number of hydrogen-bond donors (Lipinski definition) is 2. The molecule has 3 N–H and O–H groups in total. The zero-order chi connectivity index (χ0) is 11.4. The molecule has 2 amide bonds. The van der Waals surface area contributed by atoms with E-state index in [0.29, 0.717) is 12.6 Å². The molecule has 0 bridgehead atoms. The van der Waals surface area contributed by atoms with Crippen LogP contribution in [0.2, 0.25) is 0 Å². The molecule has 0 aliphatic heterocycles. The highest BCUT2D eigenvalue weighted by molar-refractivity contribution is 5.85. The predicted octanol–water partition coefficient (Wildman–Crippen LogP) is -0.539. The highest BCUT2D eigenvalue weighted by atomic mass is 16.2. The number of carbonyl (C=O) groups is 2. The van der Waals surface area contributed by atoms with E-state index in [2.05, 4.69) is 5.32 Å². The number of nitrogens with zero attached hydrogens (tertiary/aromatic N) is 1. The number of nitrogens with two attached hydrogens (primary N) is 1. The summed E-state index contributed by atoms with van der Waals surface area (Å²) in [5, 5.41) is 3.12. The van der Waals surface area contributed by atoms with Crippen LogP contribution >= 0.6 is 0 Å². The Labute approximate surface area is 90.0 Å². The van der Waals surface area contributed by atoms with Crippen LogP contribution in [0.5, 0.6) is 0 Å². The molecule has 0 aromatic carbocycles. The van der Waals surface area contributed by atoms with Gasteiger partial charge in [-0.2, -0.15) is 0 Å². The van der Waals surface area contributed by atoms with Crippen molar-refractivity contribution in [2.75, 3.05) is 13.1 Å². The standard InChI is InChI=1S/C10H19N3O2/c1-7(2)13(6-9(11)14)10(15)5-12-8-3-4-8/h7-8,12H,3-6H2,1-2H3,(H2,11,14). The Morgan fingerprint density at radius 3 is 2.47 bits per heavy atom. The van der Waals surface area contributed by atoms with Gasteiger partial charge in [0, 0.05) is 12.1 Å². The number of carbonyl (C=O) groups excluding carboxylic acids is 2. The maximum absolute atomic E-state index is 11.7. The molecule has 0 atom stereocenters. The van der Waals surface area contributed by atoms with E-state index in [1.807, 2.05) is 13.8 Å². The van der Waals surface area contributed by atoms with Gasteiger partial charge in [-0.1, -0.05) is 0 Å². The van der Waals surface area contributed by atoms with Crippen molar-refractivity contribution in [1.82, 2.24) is 10.2 Å². The zero-order valence-electron chi connectivity index (χ0n) is 9.32. The third kappa shape index (κ3) is 4.29. The Hall–Kier alpha value is -1.10. The summed E-state index contributed by atoms with van der Waals surface area (Å²) in [6.07, 6.45) is 2.29. The van der Waals surface area contributed by atoms with Crippen molar-refractivity contribution in [3.63, 3.8) is 0 Å². The van der Waals surface area contributed by atoms with Crippen molar-refractivity contribution in [2.45, 2.75) is 38.8 Å². The molecule has 5 heteroatoms. The van der Waals surface area contributed by atoms with Crippen molar-refractivity contribution in [3.05, 3.63) is 0 Å². The maximum Gasteiger partial charge on any atom is 0.237 e. The van der Waals surface area contributed by atoms with Crippen LogP contribution < -0.4 is 11.1 Å². The monoisotopic (exact) mass is 213 g/mol. The number of hydrogen-bond acceptors (Lipinski definition) is 3. The second kappa shape index (κ2) is 5.11. The molecule has 1 fully saturated rings. The van der Waals surface area contributed by atoms with E-state index >= 15 is 0 Å². The van der Waals surface area contributed by atoms with Gasteiger partial charge in [-0.25, -0.2) is 0 Å². The molecule has 0 spiro atoms. The topological polar surface area (TPSA) is 75.4 Å². The van der Waals surface area contributed by atoms with Gasteiger partial charge in [-0.3, -0.25) is 9.59 Å². The second-order valence-corrected chi connectivity index (χ2v) is 4.24. The van der Waals surface area contributed by atoms with E-state index in [4.69, 9.17) is 5.73 Å². The Balaban J connectivity index is 2.38. The normalized spacial score (nSPS) is 15.4. The van der Waals surface area contributed by atoms with Gasteiger partial charge in [0.25, 0.3) is 0 Å². The molecule has 0 radical (unpaired) electrons. The van der Waals surface area contributed by atoms with Crippen LogP contribution in [0.4, 0.5) is 0 Å². The smallest absolute Gasteiger partial charge is 0.237 e. The minimum absolute atomic E-state index is 0.00282. The largest absolute Gasteiger partial charge is 0.368 e. The van der Waals surface area contributed by atoms with E-state index < -0.39 is 5.91 Å². The third-order valence-corrected chi connectivity index (χ3v) is 2.39. The summed E-state index contributed by atoms with van der Waals surface area (Å²) >= 11 is 0. The fourth-order valence-corrected chi connectivity index (χ4v) is 1.35. The SMILES string of the molecule is CC(C)N(CC(N)=O)C(=O)CNC1CC1. The zero-order valence-corrected chi connectivity index (χ0v) is 9.32. The highest BCUT2D eigenvalue weighted by Crippen LogP contribution is 2.18. The van der Waals surface area contributed by atoms with Crippen molar-refractivity contribution in [3.8, 4) is 0 Å². The summed E-state index contributed by atoms with van der Waals surface area (Å²) < 4.78 is 0. The van der Waals surface area contributed by atoms with Crippen LogP contribution in [0, 0.1) is 0 Å². The number of amides is 2. The number of primary amides is 1. The first kappa shape index (κ1) is 12.0. The van der Waals surface area contributed by atoms with Crippen LogP contribution in [-0.4, -0.2) is 41.9 Å². The molecule has 0 saturated heterocycles. The Morgan fingerprint density at radius 2 is 2.07 bits per heavy atom. The molecule has 1 saturated carbocycles. The van der Waals surface area contributed by atoms with Gasteiger partial charge in [-0.05, 0) is 26.7 Å². The van der Waals surface area contributed by atoms with Crippen molar-refractivity contribution >= 4 is 11.8 Å². The van der Waals surface area contributed by atoms with Gasteiger partial charge in [0.15, 0.2) is 0 Å². The van der Waals surface area contributed by atoms with E-state index in [0.717, 1.165) is 12.8 Å². The fraction of sp³-hybridized carbons (Fsp3) is 0.800. The minimum Gasteiger partial charge on any atom is -0.368 e. The molecule has 5 nitrogen and oxygen atoms in total. The van der Waals surface area contributed by atoms with Crippen LogP contribution in [-0.2, 0) is 9.59 Å². The Kier molecular flexibility index (Phi) is 4.08. The van der Waals surface area contributed by atoms with Gasteiger partial charge < -0.3 is 16.0 Å². The van der Waals surface area contributed by atoms with E-state index in [1.165, 1.54) is 4.90 Å². The lowest BCUT2D eigenvalue weighted by Crippen LogP contribution is -2.46. The van der Waals surface area contributed by atoms with Gasteiger partial charge in [0.1, 0.15) is 0 Å². The molecule has 1 aliphatic rings. The first-order valence-electron chi connectivity index (χ1n) is 5.32. The van der Waals surface area contributed by atoms with Gasteiger partial charge >= 0.3 is 0 Å². The molecule has 1 rings (SSSR count). The summed E-state index contributed by atoms with van der Waals surface area (Å²) in [5.41, 5.74) is 5.08.